The van der Waals surface area contributed by atoms with E-state index >= 15 is 0 Å². The van der Waals surface area contributed by atoms with E-state index in [4.69, 9.17) is 4.74 Å². The predicted octanol–water partition coefficient (Wildman–Crippen LogP) is 2.61. The summed E-state index contributed by atoms with van der Waals surface area (Å²) >= 11 is 0. The average molecular weight is 351 g/mol. The molecule has 2 aromatic rings. The van der Waals surface area contributed by atoms with Crippen molar-refractivity contribution >= 4 is 17.4 Å². The molecule has 2 aromatic carbocycles. The van der Waals surface area contributed by atoms with Crippen molar-refractivity contribution in [2.75, 3.05) is 19.1 Å². The fourth-order valence-corrected chi connectivity index (χ4v) is 4.31. The van der Waals surface area contributed by atoms with E-state index in [-0.39, 0.29) is 5.78 Å². The predicted molar refractivity (Wildman–Crippen MR) is 97.6 cm³/mol. The number of benzene rings is 2. The van der Waals surface area contributed by atoms with E-state index in [9.17, 15) is 14.7 Å². The highest BCUT2D eigenvalue weighted by Gasteiger charge is 2.56. The number of aryl methyl sites for hydroxylation is 2. The molecule has 1 amide bonds. The van der Waals surface area contributed by atoms with Crippen molar-refractivity contribution in [1.82, 2.24) is 0 Å². The first kappa shape index (κ1) is 16.8. The van der Waals surface area contributed by atoms with Crippen LogP contribution in [0.25, 0.3) is 0 Å². The maximum Gasteiger partial charge on any atom is 0.264 e. The van der Waals surface area contributed by atoms with E-state index in [1.165, 1.54) is 4.90 Å². The monoisotopic (exact) mass is 351 g/mol. The molecule has 0 fully saturated rings. The third-order valence-electron chi connectivity index (χ3n) is 5.72. The van der Waals surface area contributed by atoms with Gasteiger partial charge in [-0.1, -0.05) is 18.2 Å². The summed E-state index contributed by atoms with van der Waals surface area (Å²) in [5, 5.41) is 11.4. The highest BCUT2D eigenvalue weighted by atomic mass is 16.5. The number of methoxy groups -OCH3 is 1. The van der Waals surface area contributed by atoms with Gasteiger partial charge in [0.15, 0.2) is 11.4 Å². The number of para-hydroxylation sites is 1. The third kappa shape index (κ3) is 2.07. The van der Waals surface area contributed by atoms with Crippen LogP contribution in [0.4, 0.5) is 5.69 Å². The number of rotatable bonds is 2. The molecule has 26 heavy (non-hydrogen) atoms. The molecule has 134 valence electrons. The van der Waals surface area contributed by atoms with Crippen LogP contribution in [0.1, 0.15) is 33.5 Å². The number of hydrogen-bond donors (Lipinski definition) is 1. The molecule has 0 bridgehead atoms. The number of nitrogens with zero attached hydrogens (tertiary/aromatic N) is 1. The van der Waals surface area contributed by atoms with Gasteiger partial charge in [0, 0.05) is 18.2 Å². The molecule has 4 rings (SSSR count). The van der Waals surface area contributed by atoms with Crippen LogP contribution >= 0.6 is 0 Å². The molecular formula is C21H21NO4. The van der Waals surface area contributed by atoms with Crippen molar-refractivity contribution < 1.29 is 19.4 Å². The van der Waals surface area contributed by atoms with Gasteiger partial charge in [0.25, 0.3) is 5.91 Å². The number of amides is 1. The maximum absolute atomic E-state index is 13.3. The molecule has 1 N–H and O–H groups in total. The Hall–Kier alpha value is -2.66. The molecule has 0 spiro atoms. The van der Waals surface area contributed by atoms with Crippen molar-refractivity contribution in [3.05, 3.63) is 58.7 Å². The summed E-state index contributed by atoms with van der Waals surface area (Å²) in [6.07, 6.45) is 1.03. The first-order chi connectivity index (χ1) is 12.4. The van der Waals surface area contributed by atoms with E-state index in [0.717, 1.165) is 16.9 Å². The molecular weight excluding hydrogens is 330 g/mol. The van der Waals surface area contributed by atoms with Gasteiger partial charge in [0.1, 0.15) is 5.75 Å². The number of ketones is 1. The normalized spacial score (nSPS) is 24.5. The first-order valence-corrected chi connectivity index (χ1v) is 8.71. The zero-order chi connectivity index (χ0) is 18.6. The smallest absolute Gasteiger partial charge is 0.264 e. The Morgan fingerprint density at radius 3 is 2.69 bits per heavy atom. The molecule has 0 saturated heterocycles. The van der Waals surface area contributed by atoms with Crippen molar-refractivity contribution in [2.45, 2.75) is 25.4 Å². The average Bonchev–Trinajstić information content (AvgIpc) is 2.84. The number of fused-ring (bicyclic) bond motifs is 2. The standard InChI is InChI=1S/C21H21NO4/c1-12-10-14-13(11-18(12)26-3)8-9-16(19(14)23)21(25)15-6-4-5-7-17(15)22(2)20(21)24/h4-7,10-11,16,25H,8-9H2,1-3H3/t16-,21+/m1/s1. The molecule has 5 heteroatoms. The van der Waals surface area contributed by atoms with Crippen LogP contribution in [-0.2, 0) is 16.8 Å². The minimum absolute atomic E-state index is 0.182. The van der Waals surface area contributed by atoms with Crippen LogP contribution in [0.3, 0.4) is 0 Å². The van der Waals surface area contributed by atoms with Crippen LogP contribution in [0.2, 0.25) is 0 Å². The lowest BCUT2D eigenvalue weighted by Gasteiger charge is -2.34. The number of aliphatic hydroxyl groups is 1. The zero-order valence-electron chi connectivity index (χ0n) is 15.1. The number of hydrogen-bond acceptors (Lipinski definition) is 4. The minimum atomic E-state index is -1.81. The van der Waals surface area contributed by atoms with Crippen LogP contribution in [0, 0.1) is 12.8 Å². The second-order valence-electron chi connectivity index (χ2n) is 7.08. The summed E-state index contributed by atoms with van der Waals surface area (Å²) in [4.78, 5) is 27.6. The topological polar surface area (TPSA) is 66.8 Å². The van der Waals surface area contributed by atoms with Crippen LogP contribution < -0.4 is 9.64 Å². The molecule has 2 atom stereocenters. The SMILES string of the molecule is COc1cc2c(cc1C)C(=O)[C@H]([C@]1(O)C(=O)N(C)c3ccccc31)CC2. The quantitative estimate of drug-likeness (QED) is 0.903. The molecule has 2 aliphatic rings. The highest BCUT2D eigenvalue weighted by Crippen LogP contribution is 2.48. The summed E-state index contributed by atoms with van der Waals surface area (Å²) in [6.45, 7) is 1.88. The third-order valence-corrected chi connectivity index (χ3v) is 5.72. The molecule has 0 aromatic heterocycles. The Kier molecular flexibility index (Phi) is 3.66. The number of anilines is 1. The highest BCUT2D eigenvalue weighted by molar-refractivity contribution is 6.12. The van der Waals surface area contributed by atoms with Crippen molar-refractivity contribution in [2.24, 2.45) is 5.92 Å². The lowest BCUT2D eigenvalue weighted by molar-refractivity contribution is -0.140. The van der Waals surface area contributed by atoms with Gasteiger partial charge < -0.3 is 14.7 Å². The molecule has 1 aliphatic heterocycles. The number of Topliss-reactive ketones (excluding diaryl/α,β-unsaturated/α-hetero) is 1. The van der Waals surface area contributed by atoms with Gasteiger partial charge >= 0.3 is 0 Å². The number of carbonyl (C=O) groups excluding carboxylic acids is 2. The molecule has 0 saturated carbocycles. The summed E-state index contributed by atoms with van der Waals surface area (Å²) in [7, 11) is 3.24. The Morgan fingerprint density at radius 2 is 1.96 bits per heavy atom. The Bertz CT molecular complexity index is 936. The molecule has 0 unspecified atom stereocenters. The van der Waals surface area contributed by atoms with E-state index in [1.54, 1.807) is 38.4 Å². The van der Waals surface area contributed by atoms with Crippen LogP contribution in [0.15, 0.2) is 36.4 Å². The van der Waals surface area contributed by atoms with Gasteiger partial charge in [0.05, 0.1) is 18.7 Å². The largest absolute Gasteiger partial charge is 0.496 e. The first-order valence-electron chi connectivity index (χ1n) is 8.71. The van der Waals surface area contributed by atoms with E-state index in [1.807, 2.05) is 19.1 Å². The number of ether oxygens (including phenoxy) is 1. The Balaban J connectivity index is 1.82. The minimum Gasteiger partial charge on any atom is -0.496 e. The summed E-state index contributed by atoms with van der Waals surface area (Å²) in [5.74, 6) is -0.666. The van der Waals surface area contributed by atoms with Gasteiger partial charge in [0.2, 0.25) is 0 Å². The molecule has 5 nitrogen and oxygen atoms in total. The van der Waals surface area contributed by atoms with Crippen molar-refractivity contribution in [3.63, 3.8) is 0 Å². The second-order valence-corrected chi connectivity index (χ2v) is 7.08. The Morgan fingerprint density at radius 1 is 1.23 bits per heavy atom. The van der Waals surface area contributed by atoms with E-state index < -0.39 is 17.4 Å². The number of carbonyl (C=O) groups is 2. The van der Waals surface area contributed by atoms with Crippen molar-refractivity contribution in [1.29, 1.82) is 0 Å². The molecule has 1 aliphatic carbocycles. The van der Waals surface area contributed by atoms with E-state index in [2.05, 4.69) is 0 Å². The molecule has 0 radical (unpaired) electrons. The lowest BCUT2D eigenvalue weighted by atomic mass is 9.71. The summed E-state index contributed by atoms with van der Waals surface area (Å²) in [6, 6.07) is 10.8. The maximum atomic E-state index is 13.3. The fourth-order valence-electron chi connectivity index (χ4n) is 4.31. The molecule has 1 heterocycles. The second kappa shape index (κ2) is 5.68. The van der Waals surface area contributed by atoms with Crippen LogP contribution in [0.5, 0.6) is 5.75 Å². The summed E-state index contributed by atoms with van der Waals surface area (Å²) in [5.41, 5.74) is 1.71. The van der Waals surface area contributed by atoms with E-state index in [0.29, 0.717) is 29.7 Å². The van der Waals surface area contributed by atoms with Gasteiger partial charge in [-0.25, -0.2) is 0 Å². The lowest BCUT2D eigenvalue weighted by Crippen LogP contribution is -2.49. The fraction of sp³-hybridized carbons (Fsp3) is 0.333. The van der Waals surface area contributed by atoms with Crippen LogP contribution in [-0.4, -0.2) is 31.0 Å². The van der Waals surface area contributed by atoms with Gasteiger partial charge in [-0.3, -0.25) is 9.59 Å². The van der Waals surface area contributed by atoms with Gasteiger partial charge in [-0.05, 0) is 49.1 Å². The van der Waals surface area contributed by atoms with Gasteiger partial charge in [-0.15, -0.1) is 0 Å². The number of likely N-dealkylation sites (N-methyl/N-ethyl adjacent to an activating group) is 1. The Labute approximate surface area is 152 Å². The van der Waals surface area contributed by atoms with Crippen molar-refractivity contribution in [3.8, 4) is 5.75 Å². The summed E-state index contributed by atoms with van der Waals surface area (Å²) < 4.78 is 5.35. The van der Waals surface area contributed by atoms with Gasteiger partial charge in [-0.2, -0.15) is 0 Å². The zero-order valence-corrected chi connectivity index (χ0v) is 15.1.